The first-order valence-corrected chi connectivity index (χ1v) is 5.44. The van der Waals surface area contributed by atoms with Crippen LogP contribution in [0.2, 0.25) is 5.02 Å². The zero-order chi connectivity index (χ0) is 13.2. The van der Waals surface area contributed by atoms with Gasteiger partial charge in [0.25, 0.3) is 0 Å². The minimum atomic E-state index is -4.52. The number of hydrogen-bond donors (Lipinski definition) is 2. The minimum Gasteiger partial charge on any atom is -0.508 e. The van der Waals surface area contributed by atoms with Crippen molar-refractivity contribution in [1.82, 2.24) is 0 Å². The average Bonchev–Trinajstić information content (AvgIpc) is 2.15. The van der Waals surface area contributed by atoms with Crippen LogP contribution in [0.3, 0.4) is 0 Å². The highest BCUT2D eigenvalue weighted by Crippen LogP contribution is 2.40. The molecule has 1 aromatic rings. The Labute approximate surface area is 102 Å². The lowest BCUT2D eigenvalue weighted by Gasteiger charge is -2.16. The van der Waals surface area contributed by atoms with Crippen molar-refractivity contribution in [2.24, 2.45) is 5.73 Å². The van der Waals surface area contributed by atoms with Crippen molar-refractivity contribution in [3.8, 4) is 5.75 Å². The molecule has 0 spiro atoms. The standard InChI is InChI=1S/C11H13ClF3NO/c1-6(2-3-16)10-8(12)4-7(5-9(10)17)11(13,14)15/h4-6,17H,2-3,16H2,1H3. The normalized spacial score (nSPS) is 13.8. The highest BCUT2D eigenvalue weighted by Gasteiger charge is 2.32. The smallest absolute Gasteiger partial charge is 0.416 e. The maximum absolute atomic E-state index is 12.4. The fourth-order valence-corrected chi connectivity index (χ4v) is 2.05. The Morgan fingerprint density at radius 3 is 2.41 bits per heavy atom. The molecule has 0 aliphatic rings. The van der Waals surface area contributed by atoms with Crippen LogP contribution < -0.4 is 5.73 Å². The maximum Gasteiger partial charge on any atom is 0.416 e. The molecular weight excluding hydrogens is 255 g/mol. The Balaban J connectivity index is 3.20. The van der Waals surface area contributed by atoms with Gasteiger partial charge in [0.1, 0.15) is 5.75 Å². The molecule has 0 bridgehead atoms. The van der Waals surface area contributed by atoms with Gasteiger partial charge in [-0.2, -0.15) is 13.2 Å². The summed E-state index contributed by atoms with van der Waals surface area (Å²) in [5.74, 6) is -0.624. The Kier molecular flexibility index (Phi) is 4.27. The van der Waals surface area contributed by atoms with Crippen LogP contribution in [-0.2, 0) is 6.18 Å². The summed E-state index contributed by atoms with van der Waals surface area (Å²) in [5.41, 5.74) is 4.72. The largest absolute Gasteiger partial charge is 0.508 e. The molecule has 1 atom stereocenters. The summed E-state index contributed by atoms with van der Waals surface area (Å²) >= 11 is 5.77. The molecule has 0 amide bonds. The number of nitrogens with two attached hydrogens (primary N) is 1. The van der Waals surface area contributed by atoms with E-state index in [0.29, 0.717) is 24.6 Å². The minimum absolute atomic E-state index is 0.0849. The molecule has 0 saturated carbocycles. The molecule has 1 aromatic carbocycles. The molecule has 96 valence electrons. The molecule has 6 heteroatoms. The van der Waals surface area contributed by atoms with E-state index in [1.807, 2.05) is 0 Å². The van der Waals surface area contributed by atoms with Gasteiger partial charge < -0.3 is 10.8 Å². The van der Waals surface area contributed by atoms with Gasteiger partial charge in [0.15, 0.2) is 0 Å². The van der Waals surface area contributed by atoms with Gasteiger partial charge >= 0.3 is 6.18 Å². The van der Waals surface area contributed by atoms with Crippen LogP contribution in [0.15, 0.2) is 12.1 Å². The summed E-state index contributed by atoms with van der Waals surface area (Å²) in [6.45, 7) is 2.12. The predicted octanol–water partition coefficient (Wildman–Crippen LogP) is 3.52. The lowest BCUT2D eigenvalue weighted by Crippen LogP contribution is -2.08. The van der Waals surface area contributed by atoms with Gasteiger partial charge in [-0.1, -0.05) is 18.5 Å². The first-order chi connectivity index (χ1) is 7.77. The number of alkyl halides is 3. The van der Waals surface area contributed by atoms with E-state index in [-0.39, 0.29) is 10.9 Å². The molecule has 17 heavy (non-hydrogen) atoms. The highest BCUT2D eigenvalue weighted by atomic mass is 35.5. The Morgan fingerprint density at radius 1 is 1.41 bits per heavy atom. The summed E-state index contributed by atoms with van der Waals surface area (Å²) in [7, 11) is 0. The summed E-state index contributed by atoms with van der Waals surface area (Å²) in [4.78, 5) is 0. The maximum atomic E-state index is 12.4. The molecule has 0 saturated heterocycles. The van der Waals surface area contributed by atoms with E-state index in [2.05, 4.69) is 0 Å². The van der Waals surface area contributed by atoms with Crippen LogP contribution in [-0.4, -0.2) is 11.7 Å². The van der Waals surface area contributed by atoms with Crippen LogP contribution in [0.25, 0.3) is 0 Å². The fraction of sp³-hybridized carbons (Fsp3) is 0.455. The zero-order valence-electron chi connectivity index (χ0n) is 9.18. The number of phenols is 1. The highest BCUT2D eigenvalue weighted by molar-refractivity contribution is 6.31. The second-order valence-electron chi connectivity index (χ2n) is 3.87. The molecule has 0 aromatic heterocycles. The fourth-order valence-electron chi connectivity index (χ4n) is 1.65. The zero-order valence-corrected chi connectivity index (χ0v) is 9.94. The lowest BCUT2D eigenvalue weighted by atomic mass is 9.95. The van der Waals surface area contributed by atoms with Crippen LogP contribution in [0.1, 0.15) is 30.4 Å². The van der Waals surface area contributed by atoms with Gasteiger partial charge in [0.2, 0.25) is 0 Å². The summed E-state index contributed by atoms with van der Waals surface area (Å²) in [6.07, 6.45) is -3.98. The van der Waals surface area contributed by atoms with E-state index in [1.165, 1.54) is 0 Å². The van der Waals surface area contributed by atoms with Crippen molar-refractivity contribution in [3.63, 3.8) is 0 Å². The first-order valence-electron chi connectivity index (χ1n) is 5.07. The second-order valence-corrected chi connectivity index (χ2v) is 4.27. The van der Waals surface area contributed by atoms with Gasteiger partial charge in [-0.25, -0.2) is 0 Å². The SMILES string of the molecule is CC(CCN)c1c(O)cc(C(F)(F)F)cc1Cl. The Morgan fingerprint density at radius 2 is 2.00 bits per heavy atom. The van der Waals surface area contributed by atoms with Crippen LogP contribution in [0, 0.1) is 0 Å². The van der Waals surface area contributed by atoms with E-state index in [1.54, 1.807) is 6.92 Å². The lowest BCUT2D eigenvalue weighted by molar-refractivity contribution is -0.137. The number of aromatic hydroxyl groups is 1. The molecule has 2 nitrogen and oxygen atoms in total. The van der Waals surface area contributed by atoms with Gasteiger partial charge in [0.05, 0.1) is 5.56 Å². The molecule has 0 aliphatic heterocycles. The van der Waals surface area contributed by atoms with Gasteiger partial charge in [-0.15, -0.1) is 0 Å². The molecular formula is C11H13ClF3NO. The third kappa shape index (κ3) is 3.26. The molecule has 1 unspecified atom stereocenters. The summed E-state index contributed by atoms with van der Waals surface area (Å²) < 4.78 is 37.3. The topological polar surface area (TPSA) is 46.2 Å². The summed E-state index contributed by atoms with van der Waals surface area (Å²) in [6, 6.07) is 1.51. The molecule has 1 rings (SSSR count). The first kappa shape index (κ1) is 14.1. The van der Waals surface area contributed by atoms with E-state index >= 15 is 0 Å². The quantitative estimate of drug-likeness (QED) is 0.880. The number of hydrogen-bond acceptors (Lipinski definition) is 2. The van der Waals surface area contributed by atoms with Gasteiger partial charge in [-0.05, 0) is 31.0 Å². The summed E-state index contributed by atoms with van der Waals surface area (Å²) in [5, 5.41) is 9.52. The van der Waals surface area contributed by atoms with Crippen molar-refractivity contribution in [3.05, 3.63) is 28.3 Å². The number of rotatable bonds is 3. The Bertz CT molecular complexity index is 383. The number of benzene rings is 1. The Hall–Kier alpha value is -0.940. The van der Waals surface area contributed by atoms with E-state index in [9.17, 15) is 18.3 Å². The van der Waals surface area contributed by atoms with Crippen LogP contribution in [0.5, 0.6) is 5.75 Å². The van der Waals surface area contributed by atoms with E-state index in [4.69, 9.17) is 17.3 Å². The van der Waals surface area contributed by atoms with E-state index in [0.717, 1.165) is 6.07 Å². The van der Waals surface area contributed by atoms with Crippen LogP contribution in [0.4, 0.5) is 13.2 Å². The predicted molar refractivity (Wildman–Crippen MR) is 60.2 cm³/mol. The van der Waals surface area contributed by atoms with Gasteiger partial charge in [-0.3, -0.25) is 0 Å². The molecule has 0 radical (unpaired) electrons. The monoisotopic (exact) mass is 267 g/mol. The van der Waals surface area contributed by atoms with Gasteiger partial charge in [0, 0.05) is 10.6 Å². The third-order valence-electron chi connectivity index (χ3n) is 2.53. The van der Waals surface area contributed by atoms with E-state index < -0.39 is 17.5 Å². The van der Waals surface area contributed by atoms with Crippen molar-refractivity contribution in [2.75, 3.05) is 6.54 Å². The molecule has 0 heterocycles. The van der Waals surface area contributed by atoms with Crippen molar-refractivity contribution >= 4 is 11.6 Å². The number of phenolic OH excluding ortho intramolecular Hbond substituents is 1. The van der Waals surface area contributed by atoms with Crippen molar-refractivity contribution < 1.29 is 18.3 Å². The third-order valence-corrected chi connectivity index (χ3v) is 2.84. The molecule has 0 aliphatic carbocycles. The second kappa shape index (κ2) is 5.14. The molecule has 3 N–H and O–H groups in total. The van der Waals surface area contributed by atoms with Crippen molar-refractivity contribution in [2.45, 2.75) is 25.4 Å². The van der Waals surface area contributed by atoms with Crippen molar-refractivity contribution in [1.29, 1.82) is 0 Å². The van der Waals surface area contributed by atoms with Crippen LogP contribution >= 0.6 is 11.6 Å². The average molecular weight is 268 g/mol. The molecule has 0 fully saturated rings. The number of halogens is 4.